The monoisotopic (exact) mass is 319 g/mol. The van der Waals surface area contributed by atoms with Gasteiger partial charge in [0.05, 0.1) is 11.7 Å². The van der Waals surface area contributed by atoms with Crippen molar-refractivity contribution in [2.75, 3.05) is 0 Å². The number of imidazole rings is 1. The summed E-state index contributed by atoms with van der Waals surface area (Å²) in [6, 6.07) is 18.5. The van der Waals surface area contributed by atoms with Crippen molar-refractivity contribution >= 4 is 21.4 Å². The van der Waals surface area contributed by atoms with Gasteiger partial charge in [-0.1, -0.05) is 48.5 Å². The highest BCUT2D eigenvalue weighted by molar-refractivity contribution is 7.17. The summed E-state index contributed by atoms with van der Waals surface area (Å²) in [5, 5.41) is 3.49. The van der Waals surface area contributed by atoms with Crippen molar-refractivity contribution in [2.24, 2.45) is 5.73 Å². The Labute approximate surface area is 138 Å². The third-order valence-corrected chi connectivity index (χ3v) is 5.03. The average Bonchev–Trinajstić information content (AvgIpc) is 3.24. The van der Waals surface area contributed by atoms with Gasteiger partial charge in [-0.25, -0.2) is 4.98 Å². The second-order valence-corrected chi connectivity index (χ2v) is 6.52. The molecule has 2 aromatic carbocycles. The number of fused-ring (bicyclic) bond motifs is 1. The third-order valence-electron chi connectivity index (χ3n) is 4.02. The first-order valence-electron chi connectivity index (χ1n) is 7.62. The SMILES string of the molecule is N[C@H](Cc1csc2ccccc12)c1nc(-c2ccccc2)c[nH]1. The predicted octanol–water partition coefficient (Wildman–Crippen LogP) is 4.53. The lowest BCUT2D eigenvalue weighted by atomic mass is 10.1. The molecule has 2 heterocycles. The first-order chi connectivity index (χ1) is 11.3. The van der Waals surface area contributed by atoms with Crippen molar-refractivity contribution < 1.29 is 0 Å². The third kappa shape index (κ3) is 2.79. The molecule has 0 saturated carbocycles. The first kappa shape index (κ1) is 14.2. The maximum Gasteiger partial charge on any atom is 0.124 e. The number of hydrogen-bond acceptors (Lipinski definition) is 3. The molecule has 0 aliphatic heterocycles. The molecule has 0 bridgehead atoms. The number of nitrogens with two attached hydrogens (primary N) is 1. The number of nitrogens with one attached hydrogen (secondary N) is 1. The topological polar surface area (TPSA) is 54.7 Å². The molecule has 0 radical (unpaired) electrons. The van der Waals surface area contributed by atoms with E-state index in [9.17, 15) is 0 Å². The van der Waals surface area contributed by atoms with Crippen molar-refractivity contribution in [1.82, 2.24) is 9.97 Å². The van der Waals surface area contributed by atoms with Gasteiger partial charge in [0.2, 0.25) is 0 Å². The quantitative estimate of drug-likeness (QED) is 0.580. The Morgan fingerprint density at radius 2 is 1.83 bits per heavy atom. The maximum absolute atomic E-state index is 6.38. The second kappa shape index (κ2) is 5.99. The molecular weight excluding hydrogens is 302 g/mol. The van der Waals surface area contributed by atoms with E-state index in [1.807, 2.05) is 24.4 Å². The molecule has 0 saturated heterocycles. The smallest absolute Gasteiger partial charge is 0.124 e. The number of benzene rings is 2. The molecule has 2 aromatic heterocycles. The lowest BCUT2D eigenvalue weighted by molar-refractivity contribution is 0.682. The zero-order valence-corrected chi connectivity index (χ0v) is 13.4. The molecule has 1 atom stereocenters. The largest absolute Gasteiger partial charge is 0.347 e. The van der Waals surface area contributed by atoms with Gasteiger partial charge in [0.1, 0.15) is 5.82 Å². The van der Waals surface area contributed by atoms with E-state index in [0.717, 1.165) is 23.5 Å². The summed E-state index contributed by atoms with van der Waals surface area (Å²) in [5.74, 6) is 0.833. The predicted molar refractivity (Wildman–Crippen MR) is 96.5 cm³/mol. The normalized spacial score (nSPS) is 12.6. The van der Waals surface area contributed by atoms with Crippen LogP contribution in [-0.4, -0.2) is 9.97 Å². The average molecular weight is 319 g/mol. The van der Waals surface area contributed by atoms with Gasteiger partial charge in [-0.2, -0.15) is 0 Å². The van der Waals surface area contributed by atoms with Gasteiger partial charge in [-0.05, 0) is 28.8 Å². The summed E-state index contributed by atoms with van der Waals surface area (Å²) in [4.78, 5) is 7.90. The second-order valence-electron chi connectivity index (χ2n) is 5.60. The Morgan fingerprint density at radius 1 is 1.04 bits per heavy atom. The summed E-state index contributed by atoms with van der Waals surface area (Å²) in [6.45, 7) is 0. The van der Waals surface area contributed by atoms with E-state index in [-0.39, 0.29) is 6.04 Å². The zero-order valence-electron chi connectivity index (χ0n) is 12.6. The van der Waals surface area contributed by atoms with E-state index < -0.39 is 0 Å². The molecule has 23 heavy (non-hydrogen) atoms. The van der Waals surface area contributed by atoms with Crippen molar-refractivity contribution in [1.29, 1.82) is 0 Å². The summed E-state index contributed by atoms with van der Waals surface area (Å²) < 4.78 is 1.30. The Kier molecular flexibility index (Phi) is 3.69. The van der Waals surface area contributed by atoms with Crippen LogP contribution < -0.4 is 5.73 Å². The molecule has 3 nitrogen and oxygen atoms in total. The standard InChI is InChI=1S/C19H17N3S/c20-16(10-14-12-23-18-9-5-4-8-15(14)18)19-21-11-17(22-19)13-6-2-1-3-7-13/h1-9,11-12,16H,10,20H2,(H,21,22)/t16-/m1/s1. The fourth-order valence-electron chi connectivity index (χ4n) is 2.81. The lowest BCUT2D eigenvalue weighted by Gasteiger charge is -2.08. The van der Waals surface area contributed by atoms with E-state index in [0.29, 0.717) is 0 Å². The van der Waals surface area contributed by atoms with E-state index in [4.69, 9.17) is 5.73 Å². The summed E-state index contributed by atoms with van der Waals surface area (Å²) >= 11 is 1.77. The molecule has 3 N–H and O–H groups in total. The van der Waals surface area contributed by atoms with Crippen LogP contribution in [0.2, 0.25) is 0 Å². The molecule has 0 aliphatic rings. The van der Waals surface area contributed by atoms with Crippen molar-refractivity contribution in [3.63, 3.8) is 0 Å². The van der Waals surface area contributed by atoms with Crippen LogP contribution in [0.4, 0.5) is 0 Å². The molecule has 114 valence electrons. The molecule has 0 unspecified atom stereocenters. The minimum absolute atomic E-state index is 0.134. The summed E-state index contributed by atoms with van der Waals surface area (Å²) in [7, 11) is 0. The van der Waals surface area contributed by atoms with Crippen molar-refractivity contribution in [3.8, 4) is 11.3 Å². The summed E-state index contributed by atoms with van der Waals surface area (Å²) in [5.41, 5.74) is 9.70. The molecule has 4 heteroatoms. The minimum atomic E-state index is -0.134. The molecule has 0 amide bonds. The van der Waals surface area contributed by atoms with E-state index in [2.05, 4.69) is 51.7 Å². The van der Waals surface area contributed by atoms with Crippen LogP contribution in [0, 0.1) is 0 Å². The fourth-order valence-corrected chi connectivity index (χ4v) is 3.78. The van der Waals surface area contributed by atoms with Crippen LogP contribution in [0.15, 0.2) is 66.2 Å². The Morgan fingerprint density at radius 3 is 2.70 bits per heavy atom. The van der Waals surface area contributed by atoms with Gasteiger partial charge in [0.15, 0.2) is 0 Å². The Balaban J connectivity index is 1.58. The van der Waals surface area contributed by atoms with Gasteiger partial charge >= 0.3 is 0 Å². The van der Waals surface area contributed by atoms with Crippen LogP contribution in [-0.2, 0) is 6.42 Å². The van der Waals surface area contributed by atoms with Crippen LogP contribution in [0.25, 0.3) is 21.3 Å². The number of aromatic amines is 1. The van der Waals surface area contributed by atoms with Gasteiger partial charge in [-0.15, -0.1) is 11.3 Å². The van der Waals surface area contributed by atoms with Crippen molar-refractivity contribution in [2.45, 2.75) is 12.5 Å². The number of H-pyrrole nitrogens is 1. The van der Waals surface area contributed by atoms with Crippen LogP contribution in [0.5, 0.6) is 0 Å². The molecule has 4 rings (SSSR count). The van der Waals surface area contributed by atoms with Crippen LogP contribution in [0.3, 0.4) is 0 Å². The molecule has 0 fully saturated rings. The number of rotatable bonds is 4. The Hall–Kier alpha value is -2.43. The lowest BCUT2D eigenvalue weighted by Crippen LogP contribution is -2.14. The van der Waals surface area contributed by atoms with Gasteiger partial charge in [0, 0.05) is 16.5 Å². The van der Waals surface area contributed by atoms with Crippen molar-refractivity contribution in [3.05, 3.63) is 77.6 Å². The zero-order chi connectivity index (χ0) is 15.6. The van der Waals surface area contributed by atoms with Gasteiger partial charge in [0.25, 0.3) is 0 Å². The first-order valence-corrected chi connectivity index (χ1v) is 8.50. The van der Waals surface area contributed by atoms with Gasteiger partial charge < -0.3 is 10.7 Å². The highest BCUT2D eigenvalue weighted by Gasteiger charge is 2.14. The molecular formula is C19H17N3S. The number of aromatic nitrogens is 2. The molecule has 0 aliphatic carbocycles. The number of hydrogen-bond donors (Lipinski definition) is 2. The highest BCUT2D eigenvalue weighted by Crippen LogP contribution is 2.28. The van der Waals surface area contributed by atoms with E-state index >= 15 is 0 Å². The fraction of sp³-hybridized carbons (Fsp3) is 0.105. The van der Waals surface area contributed by atoms with E-state index in [1.165, 1.54) is 15.6 Å². The number of nitrogens with zero attached hydrogens (tertiary/aromatic N) is 1. The molecule has 0 spiro atoms. The Bertz CT molecular complexity index is 924. The van der Waals surface area contributed by atoms with Crippen LogP contribution >= 0.6 is 11.3 Å². The van der Waals surface area contributed by atoms with Gasteiger partial charge in [-0.3, -0.25) is 0 Å². The maximum atomic E-state index is 6.38. The minimum Gasteiger partial charge on any atom is -0.347 e. The highest BCUT2D eigenvalue weighted by atomic mass is 32.1. The summed E-state index contributed by atoms with van der Waals surface area (Å²) in [6.07, 6.45) is 2.71. The number of thiophene rings is 1. The molecule has 4 aromatic rings. The van der Waals surface area contributed by atoms with Crippen LogP contribution in [0.1, 0.15) is 17.4 Å². The van der Waals surface area contributed by atoms with E-state index in [1.54, 1.807) is 11.3 Å².